The Morgan fingerprint density at radius 2 is 1.55 bits per heavy atom. The minimum absolute atomic E-state index is 0.132. The summed E-state index contributed by atoms with van der Waals surface area (Å²) in [5.74, 6) is 0.516. The van der Waals surface area contributed by atoms with Crippen molar-refractivity contribution < 1.29 is 9.84 Å². The molecule has 0 aromatic rings. The molecule has 2 heteroatoms. The van der Waals surface area contributed by atoms with Crippen LogP contribution in [0.2, 0.25) is 0 Å². The Kier molecular flexibility index (Phi) is 4.69. The second-order valence-electron chi connectivity index (χ2n) is 3.53. The first-order valence-electron chi connectivity index (χ1n) is 4.21. The summed E-state index contributed by atoms with van der Waals surface area (Å²) < 4.78 is 5.12. The van der Waals surface area contributed by atoms with Gasteiger partial charge in [-0.1, -0.05) is 20.8 Å². The standard InChI is InChI=1S/C9H20O2/c1-6(2)9(10)7(3)8(4)11-5/h6-10H,1-5H3. The van der Waals surface area contributed by atoms with Gasteiger partial charge in [0.25, 0.3) is 0 Å². The van der Waals surface area contributed by atoms with E-state index >= 15 is 0 Å². The van der Waals surface area contributed by atoms with E-state index in [-0.39, 0.29) is 18.1 Å². The van der Waals surface area contributed by atoms with E-state index in [4.69, 9.17) is 4.74 Å². The van der Waals surface area contributed by atoms with Crippen molar-refractivity contribution in [2.75, 3.05) is 7.11 Å². The molecule has 11 heavy (non-hydrogen) atoms. The van der Waals surface area contributed by atoms with Gasteiger partial charge >= 0.3 is 0 Å². The third-order valence-corrected chi connectivity index (χ3v) is 2.33. The second kappa shape index (κ2) is 4.73. The zero-order valence-corrected chi connectivity index (χ0v) is 8.16. The summed E-state index contributed by atoms with van der Waals surface area (Å²) in [6.45, 7) is 8.03. The van der Waals surface area contributed by atoms with Crippen LogP contribution in [0.4, 0.5) is 0 Å². The van der Waals surface area contributed by atoms with Crippen molar-refractivity contribution >= 4 is 0 Å². The van der Waals surface area contributed by atoms with E-state index in [1.807, 2.05) is 27.7 Å². The lowest BCUT2D eigenvalue weighted by Crippen LogP contribution is -2.32. The third-order valence-electron chi connectivity index (χ3n) is 2.33. The van der Waals surface area contributed by atoms with E-state index in [9.17, 15) is 5.11 Å². The molecule has 3 atom stereocenters. The van der Waals surface area contributed by atoms with Crippen molar-refractivity contribution in [1.82, 2.24) is 0 Å². The monoisotopic (exact) mass is 160 g/mol. The first kappa shape index (κ1) is 10.9. The van der Waals surface area contributed by atoms with Crippen molar-refractivity contribution in [2.24, 2.45) is 11.8 Å². The van der Waals surface area contributed by atoms with Gasteiger partial charge in [0, 0.05) is 13.0 Å². The highest BCUT2D eigenvalue weighted by molar-refractivity contribution is 4.72. The van der Waals surface area contributed by atoms with Crippen molar-refractivity contribution in [3.63, 3.8) is 0 Å². The van der Waals surface area contributed by atoms with E-state index in [2.05, 4.69) is 0 Å². The van der Waals surface area contributed by atoms with Crippen LogP contribution in [-0.2, 0) is 4.74 Å². The van der Waals surface area contributed by atoms with Crippen LogP contribution in [0.3, 0.4) is 0 Å². The molecule has 0 heterocycles. The molecule has 0 rings (SSSR count). The van der Waals surface area contributed by atoms with Gasteiger partial charge in [-0.05, 0) is 12.8 Å². The molecule has 0 radical (unpaired) electrons. The van der Waals surface area contributed by atoms with Crippen molar-refractivity contribution in [3.8, 4) is 0 Å². The van der Waals surface area contributed by atoms with Crippen LogP contribution in [0.25, 0.3) is 0 Å². The highest BCUT2D eigenvalue weighted by Crippen LogP contribution is 2.17. The largest absolute Gasteiger partial charge is 0.392 e. The van der Waals surface area contributed by atoms with E-state index in [0.29, 0.717) is 5.92 Å². The highest BCUT2D eigenvalue weighted by atomic mass is 16.5. The third kappa shape index (κ3) is 3.21. The average Bonchev–Trinajstić information content (AvgIpc) is 2.00. The Morgan fingerprint density at radius 3 is 1.82 bits per heavy atom. The Hall–Kier alpha value is -0.0800. The molecule has 1 N–H and O–H groups in total. The maximum atomic E-state index is 9.62. The molecule has 0 aliphatic rings. The SMILES string of the molecule is COC(C)C(C)C(O)C(C)C. The van der Waals surface area contributed by atoms with E-state index in [1.165, 1.54) is 0 Å². The van der Waals surface area contributed by atoms with Crippen LogP contribution in [0, 0.1) is 11.8 Å². The molecule has 0 fully saturated rings. The predicted octanol–water partition coefficient (Wildman–Crippen LogP) is 1.67. The molecule has 0 spiro atoms. The van der Waals surface area contributed by atoms with Gasteiger partial charge in [0.05, 0.1) is 12.2 Å². The summed E-state index contributed by atoms with van der Waals surface area (Å²) in [5.41, 5.74) is 0. The van der Waals surface area contributed by atoms with Gasteiger partial charge in [-0.2, -0.15) is 0 Å². The van der Waals surface area contributed by atoms with Crippen LogP contribution < -0.4 is 0 Å². The molecule has 3 unspecified atom stereocenters. The maximum Gasteiger partial charge on any atom is 0.0613 e. The van der Waals surface area contributed by atoms with Gasteiger partial charge in [-0.15, -0.1) is 0 Å². The van der Waals surface area contributed by atoms with Crippen LogP contribution in [0.1, 0.15) is 27.7 Å². The van der Waals surface area contributed by atoms with Crippen molar-refractivity contribution in [2.45, 2.75) is 39.9 Å². The molecule has 0 aromatic heterocycles. The highest BCUT2D eigenvalue weighted by Gasteiger charge is 2.22. The lowest BCUT2D eigenvalue weighted by molar-refractivity contribution is -0.0149. The maximum absolute atomic E-state index is 9.62. The molecule has 0 saturated carbocycles. The molecule has 68 valence electrons. The molecule has 0 saturated heterocycles. The van der Waals surface area contributed by atoms with Gasteiger partial charge in [0.1, 0.15) is 0 Å². The molecule has 0 aliphatic heterocycles. The first-order chi connectivity index (χ1) is 5.00. The number of aliphatic hydroxyl groups is 1. The van der Waals surface area contributed by atoms with Crippen molar-refractivity contribution in [1.29, 1.82) is 0 Å². The van der Waals surface area contributed by atoms with Crippen LogP contribution in [0.5, 0.6) is 0 Å². The van der Waals surface area contributed by atoms with E-state index in [1.54, 1.807) is 7.11 Å². The summed E-state index contributed by atoms with van der Waals surface area (Å²) in [6.07, 6.45) is -0.127. The van der Waals surface area contributed by atoms with Gasteiger partial charge in [-0.25, -0.2) is 0 Å². The zero-order chi connectivity index (χ0) is 9.02. The topological polar surface area (TPSA) is 29.5 Å². The minimum atomic E-state index is -0.259. The molecular weight excluding hydrogens is 140 g/mol. The molecule has 0 aliphatic carbocycles. The lowest BCUT2D eigenvalue weighted by atomic mass is 9.91. The van der Waals surface area contributed by atoms with Crippen LogP contribution in [-0.4, -0.2) is 24.4 Å². The fraction of sp³-hybridized carbons (Fsp3) is 1.00. The Labute approximate surface area is 69.6 Å². The first-order valence-corrected chi connectivity index (χ1v) is 4.21. The molecule has 0 amide bonds. The zero-order valence-electron chi connectivity index (χ0n) is 8.16. The van der Waals surface area contributed by atoms with Gasteiger partial charge in [0.15, 0.2) is 0 Å². The molecule has 2 nitrogen and oxygen atoms in total. The van der Waals surface area contributed by atoms with Crippen molar-refractivity contribution in [3.05, 3.63) is 0 Å². The van der Waals surface area contributed by atoms with Gasteiger partial charge in [-0.3, -0.25) is 0 Å². The fourth-order valence-electron chi connectivity index (χ4n) is 1.10. The smallest absolute Gasteiger partial charge is 0.0613 e. The number of ether oxygens (including phenoxy) is 1. The Morgan fingerprint density at radius 1 is 1.09 bits per heavy atom. The van der Waals surface area contributed by atoms with E-state index < -0.39 is 0 Å². The number of hydrogen-bond acceptors (Lipinski definition) is 2. The average molecular weight is 160 g/mol. The molecule has 0 bridgehead atoms. The molecule has 0 aromatic carbocycles. The summed E-state index contributed by atoms with van der Waals surface area (Å²) in [6, 6.07) is 0. The van der Waals surface area contributed by atoms with Crippen LogP contribution >= 0.6 is 0 Å². The summed E-state index contributed by atoms with van der Waals surface area (Å²) >= 11 is 0. The summed E-state index contributed by atoms with van der Waals surface area (Å²) in [7, 11) is 1.67. The number of hydrogen-bond donors (Lipinski definition) is 1. The minimum Gasteiger partial charge on any atom is -0.392 e. The number of methoxy groups -OCH3 is 1. The van der Waals surface area contributed by atoms with Gasteiger partial charge in [0.2, 0.25) is 0 Å². The number of rotatable bonds is 4. The summed E-state index contributed by atoms with van der Waals surface area (Å²) in [5, 5.41) is 9.62. The molecular formula is C9H20O2. The number of aliphatic hydroxyl groups excluding tert-OH is 1. The second-order valence-corrected chi connectivity index (χ2v) is 3.53. The van der Waals surface area contributed by atoms with E-state index in [0.717, 1.165) is 0 Å². The summed E-state index contributed by atoms with van der Waals surface area (Å²) in [4.78, 5) is 0. The van der Waals surface area contributed by atoms with Gasteiger partial charge < -0.3 is 9.84 Å². The van der Waals surface area contributed by atoms with Crippen LogP contribution in [0.15, 0.2) is 0 Å². The Balaban J connectivity index is 3.90. The normalized spacial score (nSPS) is 19.9. The quantitative estimate of drug-likeness (QED) is 0.678. The Bertz CT molecular complexity index is 102. The fourth-order valence-corrected chi connectivity index (χ4v) is 1.10. The lowest BCUT2D eigenvalue weighted by Gasteiger charge is -2.26. The predicted molar refractivity (Wildman–Crippen MR) is 46.5 cm³/mol.